The lowest BCUT2D eigenvalue weighted by molar-refractivity contribution is 0.0699. The van der Waals surface area contributed by atoms with Gasteiger partial charge in [0, 0.05) is 11.1 Å². The van der Waals surface area contributed by atoms with Gasteiger partial charge in [-0.1, -0.05) is 12.1 Å². The van der Waals surface area contributed by atoms with Crippen LogP contribution >= 0.6 is 0 Å². The highest BCUT2D eigenvalue weighted by molar-refractivity contribution is 6.08. The molecule has 0 bridgehead atoms. The summed E-state index contributed by atoms with van der Waals surface area (Å²) in [5, 5.41) is 18.7. The van der Waals surface area contributed by atoms with Crippen molar-refractivity contribution in [3.8, 4) is 11.3 Å². The van der Waals surface area contributed by atoms with Gasteiger partial charge in [-0.25, -0.2) is 9.18 Å². The number of halogens is 1. The predicted octanol–water partition coefficient (Wildman–Crippen LogP) is 3.78. The first kappa shape index (κ1) is 17.3. The zero-order valence-corrected chi connectivity index (χ0v) is 14.1. The van der Waals surface area contributed by atoms with Gasteiger partial charge in [-0.2, -0.15) is 5.10 Å². The molecule has 7 heteroatoms. The number of amides is 1. The number of aromatic amines is 1. The van der Waals surface area contributed by atoms with E-state index in [9.17, 15) is 19.1 Å². The maximum Gasteiger partial charge on any atom is 0.341 e. The van der Waals surface area contributed by atoms with Gasteiger partial charge in [0.25, 0.3) is 5.91 Å². The van der Waals surface area contributed by atoms with Crippen LogP contribution in [0.1, 0.15) is 31.8 Å². The smallest absolute Gasteiger partial charge is 0.341 e. The van der Waals surface area contributed by atoms with Gasteiger partial charge in [-0.05, 0) is 55.3 Å². The van der Waals surface area contributed by atoms with Crippen LogP contribution in [0.3, 0.4) is 0 Å². The highest BCUT2D eigenvalue weighted by Crippen LogP contribution is 2.28. The topological polar surface area (TPSA) is 95.1 Å². The van der Waals surface area contributed by atoms with Crippen molar-refractivity contribution in [3.63, 3.8) is 0 Å². The molecule has 0 atom stereocenters. The molecule has 0 aliphatic heterocycles. The number of hydrogen-bond acceptors (Lipinski definition) is 3. The fourth-order valence-corrected chi connectivity index (χ4v) is 2.53. The van der Waals surface area contributed by atoms with Gasteiger partial charge in [0.15, 0.2) is 0 Å². The largest absolute Gasteiger partial charge is 0.477 e. The maximum atomic E-state index is 13.0. The number of H-pyrrole nitrogens is 1. The molecule has 0 aliphatic rings. The number of rotatable bonds is 4. The molecule has 0 spiro atoms. The lowest BCUT2D eigenvalue weighted by Gasteiger charge is -2.06. The second kappa shape index (κ2) is 6.79. The molecule has 0 saturated carbocycles. The van der Waals surface area contributed by atoms with Gasteiger partial charge >= 0.3 is 5.97 Å². The summed E-state index contributed by atoms with van der Waals surface area (Å²) in [6.45, 7) is 3.87. The molecule has 0 saturated heterocycles. The Hall–Kier alpha value is -3.48. The highest BCUT2D eigenvalue weighted by atomic mass is 19.1. The first-order chi connectivity index (χ1) is 12.4. The first-order valence-electron chi connectivity index (χ1n) is 7.83. The van der Waals surface area contributed by atoms with Crippen molar-refractivity contribution in [2.75, 3.05) is 5.32 Å². The average Bonchev–Trinajstić information content (AvgIpc) is 3.01. The van der Waals surface area contributed by atoms with Gasteiger partial charge in [0.1, 0.15) is 22.9 Å². The quantitative estimate of drug-likeness (QED) is 0.665. The van der Waals surface area contributed by atoms with Crippen molar-refractivity contribution in [2.45, 2.75) is 13.8 Å². The van der Waals surface area contributed by atoms with Crippen molar-refractivity contribution >= 4 is 17.7 Å². The van der Waals surface area contributed by atoms with Crippen LogP contribution in [0.4, 0.5) is 10.2 Å². The van der Waals surface area contributed by atoms with E-state index in [4.69, 9.17) is 0 Å². The monoisotopic (exact) mass is 353 g/mol. The number of carbonyl (C=O) groups excluding carboxylic acids is 1. The molecule has 2 aromatic carbocycles. The third-order valence-electron chi connectivity index (χ3n) is 4.11. The van der Waals surface area contributed by atoms with E-state index in [0.717, 1.165) is 23.3 Å². The number of aromatic carboxylic acids is 1. The van der Waals surface area contributed by atoms with Crippen molar-refractivity contribution in [2.24, 2.45) is 0 Å². The van der Waals surface area contributed by atoms with Gasteiger partial charge in [0.05, 0.1) is 0 Å². The van der Waals surface area contributed by atoms with Crippen molar-refractivity contribution in [1.82, 2.24) is 10.2 Å². The SMILES string of the molecule is Cc1ccc(-c2n[nH]c(NC(=O)c3ccc(F)cc3)c2C(=O)O)cc1C. The van der Waals surface area contributed by atoms with Crippen LogP contribution in [0, 0.1) is 19.7 Å². The molecule has 3 aromatic rings. The molecule has 26 heavy (non-hydrogen) atoms. The molecular weight excluding hydrogens is 337 g/mol. The minimum absolute atomic E-state index is 0.0277. The summed E-state index contributed by atoms with van der Waals surface area (Å²) in [4.78, 5) is 24.0. The number of benzene rings is 2. The van der Waals surface area contributed by atoms with E-state index in [1.165, 1.54) is 12.1 Å². The van der Waals surface area contributed by atoms with Gasteiger partial charge in [-0.3, -0.25) is 9.89 Å². The summed E-state index contributed by atoms with van der Waals surface area (Å²) in [5.41, 5.74) is 3.00. The Balaban J connectivity index is 1.97. The van der Waals surface area contributed by atoms with Gasteiger partial charge < -0.3 is 10.4 Å². The number of aromatic nitrogens is 2. The minimum Gasteiger partial charge on any atom is -0.477 e. The standard InChI is InChI=1S/C19H16FN3O3/c1-10-3-4-13(9-11(10)2)16-15(19(25)26)17(23-22-16)21-18(24)12-5-7-14(20)8-6-12/h3-9H,1-2H3,(H,25,26)(H2,21,22,23,24). The van der Waals surface area contributed by atoms with Crippen LogP contribution in [0.25, 0.3) is 11.3 Å². The Kier molecular flexibility index (Phi) is 4.53. The molecule has 0 fully saturated rings. The fourth-order valence-electron chi connectivity index (χ4n) is 2.53. The first-order valence-corrected chi connectivity index (χ1v) is 7.83. The van der Waals surface area contributed by atoms with E-state index < -0.39 is 17.7 Å². The predicted molar refractivity (Wildman–Crippen MR) is 94.8 cm³/mol. The third kappa shape index (κ3) is 3.32. The van der Waals surface area contributed by atoms with Crippen LogP contribution in [0.2, 0.25) is 0 Å². The Morgan fingerprint density at radius 3 is 2.38 bits per heavy atom. The fraction of sp³-hybridized carbons (Fsp3) is 0.105. The molecule has 0 aliphatic carbocycles. The molecule has 3 N–H and O–H groups in total. The average molecular weight is 353 g/mol. The summed E-state index contributed by atoms with van der Waals surface area (Å²) >= 11 is 0. The Morgan fingerprint density at radius 2 is 1.77 bits per heavy atom. The number of nitrogens with one attached hydrogen (secondary N) is 2. The lowest BCUT2D eigenvalue weighted by Crippen LogP contribution is -2.14. The van der Waals surface area contributed by atoms with Gasteiger partial charge in [0.2, 0.25) is 0 Å². The summed E-state index contributed by atoms with van der Waals surface area (Å²) in [6, 6.07) is 10.4. The number of anilines is 1. The van der Waals surface area contributed by atoms with Crippen LogP contribution in [-0.2, 0) is 0 Å². The molecule has 1 amide bonds. The maximum absolute atomic E-state index is 13.0. The minimum atomic E-state index is -1.22. The number of carbonyl (C=O) groups is 2. The molecule has 0 radical (unpaired) electrons. The van der Waals surface area contributed by atoms with Crippen LogP contribution in [-0.4, -0.2) is 27.2 Å². The summed E-state index contributed by atoms with van der Waals surface area (Å²) in [6.07, 6.45) is 0. The van der Waals surface area contributed by atoms with E-state index in [1.54, 1.807) is 6.07 Å². The zero-order chi connectivity index (χ0) is 18.8. The second-order valence-electron chi connectivity index (χ2n) is 5.89. The molecule has 132 valence electrons. The second-order valence-corrected chi connectivity index (χ2v) is 5.89. The van der Waals surface area contributed by atoms with Crippen molar-refractivity contribution < 1.29 is 19.1 Å². The summed E-state index contributed by atoms with van der Waals surface area (Å²) in [7, 11) is 0. The van der Waals surface area contributed by atoms with E-state index in [-0.39, 0.29) is 22.6 Å². The zero-order valence-electron chi connectivity index (χ0n) is 14.1. The van der Waals surface area contributed by atoms with E-state index >= 15 is 0 Å². The number of carboxylic acids is 1. The number of hydrogen-bond donors (Lipinski definition) is 3. The summed E-state index contributed by atoms with van der Waals surface area (Å²) in [5.74, 6) is -2.28. The van der Waals surface area contributed by atoms with E-state index in [0.29, 0.717) is 5.56 Å². The number of aryl methyl sites for hydroxylation is 2. The molecule has 6 nitrogen and oxygen atoms in total. The normalized spacial score (nSPS) is 10.6. The molecule has 1 aromatic heterocycles. The highest BCUT2D eigenvalue weighted by Gasteiger charge is 2.23. The van der Waals surface area contributed by atoms with Crippen LogP contribution in [0.5, 0.6) is 0 Å². The van der Waals surface area contributed by atoms with Crippen molar-refractivity contribution in [3.05, 3.63) is 70.5 Å². The Labute approximate surface area is 148 Å². The molecule has 0 unspecified atom stereocenters. The molecule has 3 rings (SSSR count). The Morgan fingerprint density at radius 1 is 1.08 bits per heavy atom. The molecular formula is C19H16FN3O3. The molecule has 1 heterocycles. The third-order valence-corrected chi connectivity index (χ3v) is 4.11. The summed E-state index contributed by atoms with van der Waals surface area (Å²) < 4.78 is 13.0. The van der Waals surface area contributed by atoms with E-state index in [2.05, 4.69) is 15.5 Å². The van der Waals surface area contributed by atoms with Crippen molar-refractivity contribution in [1.29, 1.82) is 0 Å². The number of nitrogens with zero attached hydrogens (tertiary/aromatic N) is 1. The van der Waals surface area contributed by atoms with Gasteiger partial charge in [-0.15, -0.1) is 0 Å². The van der Waals surface area contributed by atoms with Crippen LogP contribution in [0.15, 0.2) is 42.5 Å². The number of carboxylic acid groups (broad SMARTS) is 1. The van der Waals surface area contributed by atoms with Crippen LogP contribution < -0.4 is 5.32 Å². The van der Waals surface area contributed by atoms with E-state index in [1.807, 2.05) is 26.0 Å². The lowest BCUT2D eigenvalue weighted by atomic mass is 10.0. The Bertz CT molecular complexity index is 994.